The van der Waals surface area contributed by atoms with E-state index in [1.807, 2.05) is 30.3 Å². The van der Waals surface area contributed by atoms with Gasteiger partial charge in [0.2, 0.25) is 0 Å². The molecular weight excluding hydrogens is 264 g/mol. The third-order valence-corrected chi connectivity index (χ3v) is 5.23. The van der Waals surface area contributed by atoms with Gasteiger partial charge < -0.3 is 10.8 Å². The van der Waals surface area contributed by atoms with Gasteiger partial charge in [-0.2, -0.15) is 0 Å². The summed E-state index contributed by atoms with van der Waals surface area (Å²) in [6.07, 6.45) is 6.19. The summed E-state index contributed by atoms with van der Waals surface area (Å²) in [4.78, 5) is 14.2. The molecule has 3 rings (SSSR count). The lowest BCUT2D eigenvalue weighted by Crippen LogP contribution is -2.57. The quantitative estimate of drug-likeness (QED) is 0.891. The molecule has 1 aliphatic carbocycles. The lowest BCUT2D eigenvalue weighted by Gasteiger charge is -2.41. The minimum Gasteiger partial charge on any atom is -0.480 e. The summed E-state index contributed by atoms with van der Waals surface area (Å²) in [6.45, 7) is 1.38. The van der Waals surface area contributed by atoms with Crippen LogP contribution in [0.4, 0.5) is 0 Å². The number of carboxylic acids is 1. The van der Waals surface area contributed by atoms with Crippen molar-refractivity contribution in [1.29, 1.82) is 0 Å². The maximum atomic E-state index is 11.8. The highest BCUT2D eigenvalue weighted by atomic mass is 16.4. The predicted molar refractivity (Wildman–Crippen MR) is 81.9 cm³/mol. The molecule has 0 bridgehead atoms. The number of nitrogens with zero attached hydrogens (tertiary/aromatic N) is 1. The third kappa shape index (κ3) is 2.70. The largest absolute Gasteiger partial charge is 0.480 e. The Hall–Kier alpha value is -1.39. The van der Waals surface area contributed by atoms with Gasteiger partial charge in [0.1, 0.15) is 0 Å². The van der Waals surface area contributed by atoms with Crippen molar-refractivity contribution in [2.75, 3.05) is 13.1 Å². The lowest BCUT2D eigenvalue weighted by molar-refractivity contribution is -0.145. The fourth-order valence-electron chi connectivity index (χ4n) is 4.09. The Balaban J connectivity index is 1.84. The maximum Gasteiger partial charge on any atom is 0.329 e. The molecular formula is C17H24N2O2. The van der Waals surface area contributed by atoms with Gasteiger partial charge in [0.05, 0.1) is 0 Å². The number of fused-ring (bicyclic) bond motifs is 1. The van der Waals surface area contributed by atoms with E-state index in [0.29, 0.717) is 18.2 Å². The van der Waals surface area contributed by atoms with Crippen LogP contribution in [0, 0.1) is 5.92 Å². The summed E-state index contributed by atoms with van der Waals surface area (Å²) in [5.74, 6) is -0.193. The molecule has 2 aliphatic rings. The molecule has 3 atom stereocenters. The number of benzene rings is 1. The van der Waals surface area contributed by atoms with Gasteiger partial charge in [0, 0.05) is 12.6 Å². The van der Waals surface area contributed by atoms with Gasteiger partial charge in [-0.25, -0.2) is 4.79 Å². The fourth-order valence-corrected chi connectivity index (χ4v) is 4.09. The zero-order valence-corrected chi connectivity index (χ0v) is 12.4. The van der Waals surface area contributed by atoms with Crippen molar-refractivity contribution in [1.82, 2.24) is 4.90 Å². The summed E-state index contributed by atoms with van der Waals surface area (Å²) in [7, 11) is 0. The van der Waals surface area contributed by atoms with Crippen LogP contribution < -0.4 is 5.73 Å². The first-order valence-electron chi connectivity index (χ1n) is 7.93. The normalized spacial score (nSPS) is 28.8. The molecule has 0 aromatic heterocycles. The smallest absolute Gasteiger partial charge is 0.329 e. The molecule has 1 aromatic carbocycles. The van der Waals surface area contributed by atoms with Gasteiger partial charge in [0.25, 0.3) is 0 Å². The van der Waals surface area contributed by atoms with E-state index in [2.05, 4.69) is 4.90 Å². The van der Waals surface area contributed by atoms with Gasteiger partial charge in [0.15, 0.2) is 5.54 Å². The number of piperidine rings is 1. The average molecular weight is 288 g/mol. The Bertz CT molecular complexity index is 505. The Morgan fingerprint density at radius 1 is 1.24 bits per heavy atom. The van der Waals surface area contributed by atoms with E-state index in [0.717, 1.165) is 18.9 Å². The number of rotatable bonds is 4. The molecule has 4 heteroatoms. The highest BCUT2D eigenvalue weighted by Crippen LogP contribution is 2.38. The van der Waals surface area contributed by atoms with E-state index in [4.69, 9.17) is 5.73 Å². The Morgan fingerprint density at radius 2 is 1.95 bits per heavy atom. The lowest BCUT2D eigenvalue weighted by atomic mass is 9.86. The zero-order valence-electron chi connectivity index (χ0n) is 12.4. The minimum absolute atomic E-state index is 0.410. The first kappa shape index (κ1) is 14.5. The van der Waals surface area contributed by atoms with Crippen molar-refractivity contribution in [3.8, 4) is 0 Å². The maximum absolute atomic E-state index is 11.8. The molecule has 1 aliphatic heterocycles. The summed E-state index contributed by atoms with van der Waals surface area (Å²) in [5.41, 5.74) is 5.71. The number of carbonyl (C=O) groups is 1. The number of likely N-dealkylation sites (tertiary alicyclic amines) is 1. The van der Waals surface area contributed by atoms with Crippen molar-refractivity contribution >= 4 is 5.97 Å². The zero-order chi connectivity index (χ0) is 14.9. The first-order valence-corrected chi connectivity index (χ1v) is 7.93. The van der Waals surface area contributed by atoms with Crippen molar-refractivity contribution in [2.45, 2.75) is 43.7 Å². The molecule has 21 heavy (non-hydrogen) atoms. The second-order valence-electron chi connectivity index (χ2n) is 6.51. The van der Waals surface area contributed by atoms with E-state index >= 15 is 0 Å². The Kier molecular flexibility index (Phi) is 4.00. The molecule has 1 saturated heterocycles. The minimum atomic E-state index is -1.31. The molecule has 0 radical (unpaired) electrons. The summed E-state index contributed by atoms with van der Waals surface area (Å²) in [5, 5.41) is 9.71. The van der Waals surface area contributed by atoms with Crippen molar-refractivity contribution in [3.63, 3.8) is 0 Å². The number of carboxylic acid groups (broad SMARTS) is 1. The summed E-state index contributed by atoms with van der Waals surface area (Å²) < 4.78 is 0. The van der Waals surface area contributed by atoms with Crippen molar-refractivity contribution in [2.24, 2.45) is 11.7 Å². The van der Waals surface area contributed by atoms with Crippen LogP contribution in [0.1, 0.15) is 37.7 Å². The highest BCUT2D eigenvalue weighted by Gasteiger charge is 2.43. The van der Waals surface area contributed by atoms with Crippen LogP contribution in [0.15, 0.2) is 30.3 Å². The second-order valence-corrected chi connectivity index (χ2v) is 6.51. The van der Waals surface area contributed by atoms with Gasteiger partial charge in [-0.15, -0.1) is 0 Å². The van der Waals surface area contributed by atoms with E-state index < -0.39 is 11.5 Å². The molecule has 0 amide bonds. The molecule has 3 N–H and O–H groups in total. The highest BCUT2D eigenvalue weighted by molar-refractivity contribution is 5.80. The molecule has 2 fully saturated rings. The number of aliphatic carboxylic acids is 1. The predicted octanol–water partition coefficient (Wildman–Crippen LogP) is 2.19. The molecule has 1 heterocycles. The van der Waals surface area contributed by atoms with Gasteiger partial charge in [-0.1, -0.05) is 36.8 Å². The van der Waals surface area contributed by atoms with E-state index in [9.17, 15) is 9.90 Å². The summed E-state index contributed by atoms with van der Waals surface area (Å²) in [6, 6.07) is 9.78. The number of hydrogen-bond donors (Lipinski definition) is 2. The molecule has 3 unspecified atom stereocenters. The number of nitrogens with two attached hydrogens (primary N) is 1. The Morgan fingerprint density at radius 3 is 2.67 bits per heavy atom. The molecule has 4 nitrogen and oxygen atoms in total. The van der Waals surface area contributed by atoms with Crippen LogP contribution >= 0.6 is 0 Å². The van der Waals surface area contributed by atoms with Crippen LogP contribution in [-0.4, -0.2) is 35.1 Å². The van der Waals surface area contributed by atoms with Crippen LogP contribution in [0.5, 0.6) is 0 Å². The third-order valence-electron chi connectivity index (χ3n) is 5.23. The van der Waals surface area contributed by atoms with Gasteiger partial charge >= 0.3 is 5.97 Å². The van der Waals surface area contributed by atoms with Crippen LogP contribution in [-0.2, 0) is 10.3 Å². The first-order chi connectivity index (χ1) is 10.1. The van der Waals surface area contributed by atoms with E-state index in [1.165, 1.54) is 25.7 Å². The average Bonchev–Trinajstić information content (AvgIpc) is 2.97. The van der Waals surface area contributed by atoms with Gasteiger partial charge in [-0.05, 0) is 43.7 Å². The topological polar surface area (TPSA) is 66.6 Å². The SMILES string of the molecule is NC(CN1CCCC2CCCC21)(C(=O)O)c1ccccc1. The standard InChI is InChI=1S/C17H24N2O2/c18-17(16(20)21,14-8-2-1-3-9-14)12-19-11-5-7-13-6-4-10-15(13)19/h1-3,8-9,13,15H,4-7,10-12,18H2,(H,20,21). The molecule has 1 aromatic rings. The van der Waals surface area contributed by atoms with Crippen LogP contribution in [0.2, 0.25) is 0 Å². The molecule has 114 valence electrons. The van der Waals surface area contributed by atoms with E-state index in [-0.39, 0.29) is 0 Å². The molecule has 0 spiro atoms. The second kappa shape index (κ2) is 5.78. The Labute approximate surface area is 125 Å². The monoisotopic (exact) mass is 288 g/mol. The van der Waals surface area contributed by atoms with Crippen LogP contribution in [0.3, 0.4) is 0 Å². The molecule has 1 saturated carbocycles. The van der Waals surface area contributed by atoms with Gasteiger partial charge in [-0.3, -0.25) is 4.90 Å². The summed E-state index contributed by atoms with van der Waals surface area (Å²) >= 11 is 0. The van der Waals surface area contributed by atoms with Crippen molar-refractivity contribution in [3.05, 3.63) is 35.9 Å². The fraction of sp³-hybridized carbons (Fsp3) is 0.588. The number of hydrogen-bond acceptors (Lipinski definition) is 3. The van der Waals surface area contributed by atoms with E-state index in [1.54, 1.807) is 0 Å². The van der Waals surface area contributed by atoms with Crippen molar-refractivity contribution < 1.29 is 9.90 Å². The van der Waals surface area contributed by atoms with Crippen LogP contribution in [0.25, 0.3) is 0 Å².